The number of methoxy groups -OCH3 is 1. The summed E-state index contributed by atoms with van der Waals surface area (Å²) in [5.74, 6) is -0.405. The number of rotatable bonds is 5. The average Bonchev–Trinajstić information content (AvgIpc) is 2.25. The predicted octanol–water partition coefficient (Wildman–Crippen LogP) is 2.77. The smallest absolute Gasteiger partial charge is 0.141 e. The molecule has 2 unspecified atom stereocenters. The Kier molecular flexibility index (Phi) is 5.19. The van der Waals surface area contributed by atoms with Crippen molar-refractivity contribution < 1.29 is 9.13 Å². The van der Waals surface area contributed by atoms with Crippen LogP contribution in [0.15, 0.2) is 18.2 Å². The molecule has 0 heterocycles. The number of benzene rings is 1. The van der Waals surface area contributed by atoms with E-state index in [4.69, 9.17) is 22.1 Å². The van der Waals surface area contributed by atoms with Gasteiger partial charge in [-0.2, -0.15) is 0 Å². The highest BCUT2D eigenvalue weighted by molar-refractivity contribution is 6.30. The van der Waals surface area contributed by atoms with Crippen molar-refractivity contribution in [1.82, 2.24) is 0 Å². The van der Waals surface area contributed by atoms with Gasteiger partial charge in [-0.1, -0.05) is 24.6 Å². The predicted molar refractivity (Wildman–Crippen MR) is 64.2 cm³/mol. The summed E-state index contributed by atoms with van der Waals surface area (Å²) in [6.07, 6.45) is 1.50. The first-order valence-electron chi connectivity index (χ1n) is 5.30. The number of nitrogens with two attached hydrogens (primary N) is 1. The largest absolute Gasteiger partial charge is 0.380 e. The highest BCUT2D eigenvalue weighted by Crippen LogP contribution is 2.18. The molecule has 0 radical (unpaired) electrons. The van der Waals surface area contributed by atoms with Crippen molar-refractivity contribution in [3.05, 3.63) is 34.6 Å². The maximum Gasteiger partial charge on any atom is 0.141 e. The molecule has 0 saturated heterocycles. The Hall–Kier alpha value is -0.640. The molecule has 90 valence electrons. The zero-order chi connectivity index (χ0) is 12.1. The Labute approximate surface area is 101 Å². The van der Waals surface area contributed by atoms with E-state index < -0.39 is 5.82 Å². The third kappa shape index (κ3) is 3.44. The van der Waals surface area contributed by atoms with Crippen LogP contribution in [0.2, 0.25) is 5.02 Å². The highest BCUT2D eigenvalue weighted by atomic mass is 35.5. The molecular weight excluding hydrogens is 229 g/mol. The van der Waals surface area contributed by atoms with E-state index in [1.165, 1.54) is 6.07 Å². The molecule has 0 saturated carbocycles. The van der Waals surface area contributed by atoms with Gasteiger partial charge in [0.05, 0.1) is 11.1 Å². The third-order valence-electron chi connectivity index (χ3n) is 2.64. The normalized spacial score (nSPS) is 14.8. The Morgan fingerprint density at radius 1 is 1.50 bits per heavy atom. The fraction of sp³-hybridized carbons (Fsp3) is 0.500. The maximum absolute atomic E-state index is 12.9. The number of hydrogen-bond acceptors (Lipinski definition) is 2. The number of halogens is 2. The molecule has 2 N–H and O–H groups in total. The van der Waals surface area contributed by atoms with Crippen molar-refractivity contribution in [2.45, 2.75) is 31.9 Å². The monoisotopic (exact) mass is 245 g/mol. The summed E-state index contributed by atoms with van der Waals surface area (Å²) >= 11 is 5.70. The second-order valence-electron chi connectivity index (χ2n) is 3.80. The second kappa shape index (κ2) is 6.18. The van der Waals surface area contributed by atoms with Crippen LogP contribution in [0, 0.1) is 5.82 Å². The summed E-state index contributed by atoms with van der Waals surface area (Å²) in [6.45, 7) is 2.02. The molecule has 4 heteroatoms. The molecule has 0 amide bonds. The van der Waals surface area contributed by atoms with Crippen LogP contribution in [-0.4, -0.2) is 19.3 Å². The van der Waals surface area contributed by atoms with E-state index in [9.17, 15) is 4.39 Å². The minimum atomic E-state index is -0.405. The lowest BCUT2D eigenvalue weighted by Gasteiger charge is -2.21. The summed E-state index contributed by atoms with van der Waals surface area (Å²) in [5, 5.41) is 0.134. The molecule has 0 aliphatic heterocycles. The van der Waals surface area contributed by atoms with Crippen molar-refractivity contribution in [3.63, 3.8) is 0 Å². The van der Waals surface area contributed by atoms with Crippen LogP contribution in [-0.2, 0) is 11.2 Å². The van der Waals surface area contributed by atoms with Crippen molar-refractivity contribution in [2.75, 3.05) is 7.11 Å². The van der Waals surface area contributed by atoms with Crippen LogP contribution < -0.4 is 5.73 Å². The summed E-state index contributed by atoms with van der Waals surface area (Å²) in [6, 6.07) is 4.57. The molecule has 0 spiro atoms. The maximum atomic E-state index is 12.9. The summed E-state index contributed by atoms with van der Waals surface area (Å²) in [5.41, 5.74) is 6.92. The zero-order valence-corrected chi connectivity index (χ0v) is 10.3. The Morgan fingerprint density at radius 3 is 2.69 bits per heavy atom. The summed E-state index contributed by atoms with van der Waals surface area (Å²) in [4.78, 5) is 0. The minimum absolute atomic E-state index is 0.0174. The second-order valence-corrected chi connectivity index (χ2v) is 4.21. The molecule has 16 heavy (non-hydrogen) atoms. The van der Waals surface area contributed by atoms with Crippen molar-refractivity contribution in [3.8, 4) is 0 Å². The van der Waals surface area contributed by atoms with E-state index in [-0.39, 0.29) is 17.2 Å². The topological polar surface area (TPSA) is 35.2 Å². The lowest BCUT2D eigenvalue weighted by atomic mass is 10.0. The van der Waals surface area contributed by atoms with Gasteiger partial charge < -0.3 is 10.5 Å². The minimum Gasteiger partial charge on any atom is -0.380 e. The first-order chi connectivity index (χ1) is 7.58. The van der Waals surface area contributed by atoms with Gasteiger partial charge in [0.2, 0.25) is 0 Å². The molecule has 0 aliphatic carbocycles. The van der Waals surface area contributed by atoms with E-state index in [2.05, 4.69) is 0 Å². The van der Waals surface area contributed by atoms with Gasteiger partial charge in [-0.25, -0.2) is 4.39 Å². The fourth-order valence-corrected chi connectivity index (χ4v) is 1.92. The third-order valence-corrected chi connectivity index (χ3v) is 2.93. The van der Waals surface area contributed by atoms with Crippen molar-refractivity contribution in [1.29, 1.82) is 0 Å². The van der Waals surface area contributed by atoms with Crippen LogP contribution in [0.25, 0.3) is 0 Å². The number of ether oxygens (including phenoxy) is 1. The highest BCUT2D eigenvalue weighted by Gasteiger charge is 2.16. The van der Waals surface area contributed by atoms with Gasteiger partial charge >= 0.3 is 0 Å². The van der Waals surface area contributed by atoms with Crippen LogP contribution >= 0.6 is 11.6 Å². The average molecular weight is 246 g/mol. The van der Waals surface area contributed by atoms with E-state index in [0.717, 1.165) is 12.0 Å². The zero-order valence-electron chi connectivity index (χ0n) is 9.54. The van der Waals surface area contributed by atoms with Gasteiger partial charge in [0, 0.05) is 13.2 Å². The van der Waals surface area contributed by atoms with E-state index in [0.29, 0.717) is 6.42 Å². The van der Waals surface area contributed by atoms with E-state index in [1.807, 2.05) is 6.92 Å². The van der Waals surface area contributed by atoms with Gasteiger partial charge in [0.1, 0.15) is 5.82 Å². The van der Waals surface area contributed by atoms with Crippen LogP contribution in [0.4, 0.5) is 4.39 Å². The summed E-state index contributed by atoms with van der Waals surface area (Å²) in [7, 11) is 1.64. The number of hydrogen-bond donors (Lipinski definition) is 1. The van der Waals surface area contributed by atoms with Gasteiger partial charge in [-0.05, 0) is 30.5 Å². The van der Waals surface area contributed by atoms with E-state index >= 15 is 0 Å². The van der Waals surface area contributed by atoms with Gasteiger partial charge in [0.15, 0.2) is 0 Å². The Bertz CT molecular complexity index is 342. The standard InChI is InChI=1S/C12H17ClFNO/c1-3-12(16-2)11(15)7-8-4-5-10(14)9(13)6-8/h4-6,11-12H,3,7,15H2,1-2H3. The fourth-order valence-electron chi connectivity index (χ4n) is 1.71. The van der Waals surface area contributed by atoms with Crippen molar-refractivity contribution >= 4 is 11.6 Å². The first-order valence-corrected chi connectivity index (χ1v) is 5.68. The molecule has 0 fully saturated rings. The first kappa shape index (κ1) is 13.4. The molecule has 2 atom stereocenters. The van der Waals surface area contributed by atoms with Crippen LogP contribution in [0.5, 0.6) is 0 Å². The molecule has 0 aliphatic rings. The van der Waals surface area contributed by atoms with Gasteiger partial charge in [-0.3, -0.25) is 0 Å². The van der Waals surface area contributed by atoms with Gasteiger partial charge in [-0.15, -0.1) is 0 Å². The van der Waals surface area contributed by atoms with Crippen molar-refractivity contribution in [2.24, 2.45) is 5.73 Å². The molecule has 1 aromatic rings. The Morgan fingerprint density at radius 2 is 2.19 bits per heavy atom. The Balaban J connectivity index is 2.69. The molecule has 1 rings (SSSR count). The molecule has 1 aromatic carbocycles. The summed E-state index contributed by atoms with van der Waals surface area (Å²) < 4.78 is 18.2. The lowest BCUT2D eigenvalue weighted by Crippen LogP contribution is -2.37. The van der Waals surface area contributed by atoms with Crippen LogP contribution in [0.3, 0.4) is 0 Å². The quantitative estimate of drug-likeness (QED) is 0.866. The molecule has 0 aromatic heterocycles. The molecule has 2 nitrogen and oxygen atoms in total. The molecular formula is C12H17ClFNO. The van der Waals surface area contributed by atoms with Crippen LogP contribution in [0.1, 0.15) is 18.9 Å². The SMILES string of the molecule is CCC(OC)C(N)Cc1ccc(F)c(Cl)c1. The van der Waals surface area contributed by atoms with Gasteiger partial charge in [0.25, 0.3) is 0 Å². The van der Waals surface area contributed by atoms with E-state index in [1.54, 1.807) is 19.2 Å². The molecule has 0 bridgehead atoms. The lowest BCUT2D eigenvalue weighted by molar-refractivity contribution is 0.0773.